The number of piperidine rings is 1. The van der Waals surface area contributed by atoms with E-state index < -0.39 is 10.0 Å². The van der Waals surface area contributed by atoms with Crippen LogP contribution in [0.25, 0.3) is 0 Å². The predicted octanol–water partition coefficient (Wildman–Crippen LogP) is 2.22. The zero-order valence-corrected chi connectivity index (χ0v) is 15.9. The van der Waals surface area contributed by atoms with Crippen molar-refractivity contribution in [2.24, 2.45) is 5.92 Å². The van der Waals surface area contributed by atoms with Gasteiger partial charge in [-0.1, -0.05) is 20.8 Å². The van der Waals surface area contributed by atoms with Gasteiger partial charge >= 0.3 is 0 Å². The normalized spacial score (nSPS) is 18.0. The molecule has 0 N–H and O–H groups in total. The van der Waals surface area contributed by atoms with E-state index in [1.807, 2.05) is 25.5 Å². The fourth-order valence-electron chi connectivity index (χ4n) is 3.28. The largest absolute Gasteiger partial charge is 0.284 e. The van der Waals surface area contributed by atoms with Gasteiger partial charge in [0.2, 0.25) is 10.0 Å². The molecule has 1 aromatic heterocycles. The van der Waals surface area contributed by atoms with Crippen LogP contribution in [0.3, 0.4) is 0 Å². The van der Waals surface area contributed by atoms with Crippen molar-refractivity contribution in [1.29, 1.82) is 0 Å². The summed E-state index contributed by atoms with van der Waals surface area (Å²) in [6.07, 6.45) is 2.40. The second kappa shape index (κ2) is 7.32. The maximum absolute atomic E-state index is 12.8. The molecule has 1 fully saturated rings. The minimum atomic E-state index is -3.46. The highest BCUT2D eigenvalue weighted by Crippen LogP contribution is 2.24. The fraction of sp³-hybridized carbons (Fsp3) is 0.812. The highest BCUT2D eigenvalue weighted by molar-refractivity contribution is 7.89. The Morgan fingerprint density at radius 3 is 2.26 bits per heavy atom. The summed E-state index contributed by atoms with van der Waals surface area (Å²) in [6, 6.07) is 0. The van der Waals surface area contributed by atoms with Crippen molar-refractivity contribution in [1.82, 2.24) is 19.0 Å². The smallest absolute Gasteiger partial charge is 0.246 e. The van der Waals surface area contributed by atoms with Crippen LogP contribution in [-0.4, -0.2) is 53.6 Å². The van der Waals surface area contributed by atoms with Gasteiger partial charge < -0.3 is 0 Å². The number of likely N-dealkylation sites (tertiary alicyclic amines) is 1. The molecule has 132 valence electrons. The molecule has 0 aliphatic carbocycles. The number of hydrogen-bond donors (Lipinski definition) is 0. The van der Waals surface area contributed by atoms with Crippen LogP contribution in [0.2, 0.25) is 0 Å². The summed E-state index contributed by atoms with van der Waals surface area (Å²) in [5, 5.41) is 4.51. The predicted molar refractivity (Wildman–Crippen MR) is 91.8 cm³/mol. The molecule has 0 aromatic carbocycles. The SMILES string of the molecule is CCN(CC)S(=O)(=O)c1c(C)nn(CN2CCC(C)CC2)c1C. The van der Waals surface area contributed by atoms with E-state index in [1.165, 1.54) is 17.1 Å². The van der Waals surface area contributed by atoms with E-state index in [1.54, 1.807) is 6.92 Å². The van der Waals surface area contributed by atoms with Crippen LogP contribution in [0, 0.1) is 19.8 Å². The first-order valence-corrected chi connectivity index (χ1v) is 10.0. The molecule has 0 unspecified atom stereocenters. The van der Waals surface area contributed by atoms with Crippen molar-refractivity contribution in [2.45, 2.75) is 59.0 Å². The quantitative estimate of drug-likeness (QED) is 0.795. The number of nitrogens with zero attached hydrogens (tertiary/aromatic N) is 4. The Hall–Kier alpha value is -0.920. The fourth-order valence-corrected chi connectivity index (χ4v) is 5.11. The Labute approximate surface area is 140 Å². The van der Waals surface area contributed by atoms with Gasteiger partial charge in [-0.25, -0.2) is 8.42 Å². The lowest BCUT2D eigenvalue weighted by molar-refractivity contribution is 0.145. The number of aryl methyl sites for hydroxylation is 1. The molecule has 23 heavy (non-hydrogen) atoms. The summed E-state index contributed by atoms with van der Waals surface area (Å²) in [6.45, 7) is 13.4. The van der Waals surface area contributed by atoms with Crippen molar-refractivity contribution in [2.75, 3.05) is 26.2 Å². The Morgan fingerprint density at radius 1 is 1.17 bits per heavy atom. The van der Waals surface area contributed by atoms with E-state index >= 15 is 0 Å². The lowest BCUT2D eigenvalue weighted by Gasteiger charge is -2.30. The lowest BCUT2D eigenvalue weighted by atomic mass is 10.00. The van der Waals surface area contributed by atoms with Crippen LogP contribution < -0.4 is 0 Å². The van der Waals surface area contributed by atoms with Crippen molar-refractivity contribution >= 4 is 10.0 Å². The Balaban J connectivity index is 2.26. The molecule has 0 radical (unpaired) electrons. The molecule has 1 aliphatic rings. The summed E-state index contributed by atoms with van der Waals surface area (Å²) in [7, 11) is -3.46. The molecule has 1 aromatic rings. The third kappa shape index (κ3) is 3.78. The topological polar surface area (TPSA) is 58.4 Å². The van der Waals surface area contributed by atoms with Gasteiger partial charge in [-0.05, 0) is 32.6 Å². The molecule has 7 heteroatoms. The molecule has 1 saturated heterocycles. The third-order valence-corrected chi connectivity index (χ3v) is 7.13. The molecule has 6 nitrogen and oxygen atoms in total. The first-order valence-electron chi connectivity index (χ1n) is 8.57. The minimum Gasteiger partial charge on any atom is -0.284 e. The van der Waals surface area contributed by atoms with E-state index in [0.717, 1.165) is 24.7 Å². The molecule has 2 heterocycles. The number of hydrogen-bond acceptors (Lipinski definition) is 4. The molecule has 2 rings (SSSR count). The highest BCUT2D eigenvalue weighted by Gasteiger charge is 2.29. The molecule has 0 bridgehead atoms. The summed E-state index contributed by atoms with van der Waals surface area (Å²) < 4.78 is 29.0. The number of rotatable bonds is 6. The lowest BCUT2D eigenvalue weighted by Crippen LogP contribution is -2.35. The van der Waals surface area contributed by atoms with Gasteiger partial charge in [0.05, 0.1) is 18.1 Å². The monoisotopic (exact) mass is 342 g/mol. The van der Waals surface area contributed by atoms with Gasteiger partial charge in [-0.2, -0.15) is 9.40 Å². The molecule has 0 atom stereocenters. The van der Waals surface area contributed by atoms with E-state index in [4.69, 9.17) is 0 Å². The summed E-state index contributed by atoms with van der Waals surface area (Å²) in [5.74, 6) is 0.783. The van der Waals surface area contributed by atoms with Crippen LogP contribution in [0.1, 0.15) is 45.0 Å². The Morgan fingerprint density at radius 2 is 1.74 bits per heavy atom. The maximum atomic E-state index is 12.8. The minimum absolute atomic E-state index is 0.381. The van der Waals surface area contributed by atoms with Crippen LogP contribution in [0.15, 0.2) is 4.90 Å². The van der Waals surface area contributed by atoms with E-state index in [-0.39, 0.29) is 0 Å². The third-order valence-electron chi connectivity index (χ3n) is 4.83. The van der Waals surface area contributed by atoms with E-state index in [0.29, 0.717) is 30.3 Å². The molecular weight excluding hydrogens is 312 g/mol. The molecule has 0 saturated carbocycles. The second-order valence-electron chi connectivity index (χ2n) is 6.53. The van der Waals surface area contributed by atoms with Crippen LogP contribution in [-0.2, 0) is 16.7 Å². The summed E-state index contributed by atoms with van der Waals surface area (Å²) in [5.41, 5.74) is 1.34. The van der Waals surface area contributed by atoms with Gasteiger partial charge in [0, 0.05) is 26.2 Å². The van der Waals surface area contributed by atoms with Crippen molar-refractivity contribution in [3.63, 3.8) is 0 Å². The van der Waals surface area contributed by atoms with E-state index in [9.17, 15) is 8.42 Å². The zero-order chi connectivity index (χ0) is 17.2. The standard InChI is InChI=1S/C16H30N4O2S/c1-6-19(7-2)23(21,22)16-14(4)17-20(15(16)5)12-18-10-8-13(3)9-11-18/h13H,6-12H2,1-5H3. The summed E-state index contributed by atoms with van der Waals surface area (Å²) in [4.78, 5) is 2.74. The average molecular weight is 343 g/mol. The van der Waals surface area contributed by atoms with Crippen LogP contribution in [0.4, 0.5) is 0 Å². The molecular formula is C16H30N4O2S. The van der Waals surface area contributed by atoms with Gasteiger partial charge in [0.25, 0.3) is 0 Å². The maximum Gasteiger partial charge on any atom is 0.246 e. The van der Waals surface area contributed by atoms with Gasteiger partial charge in [-0.3, -0.25) is 9.58 Å². The highest BCUT2D eigenvalue weighted by atomic mass is 32.2. The van der Waals surface area contributed by atoms with Crippen molar-refractivity contribution in [3.05, 3.63) is 11.4 Å². The van der Waals surface area contributed by atoms with Gasteiger partial charge in [0.15, 0.2) is 0 Å². The van der Waals surface area contributed by atoms with Crippen molar-refractivity contribution in [3.8, 4) is 0 Å². The van der Waals surface area contributed by atoms with Gasteiger partial charge in [-0.15, -0.1) is 0 Å². The zero-order valence-electron chi connectivity index (χ0n) is 15.0. The Bertz CT molecular complexity index is 627. The van der Waals surface area contributed by atoms with Crippen molar-refractivity contribution < 1.29 is 8.42 Å². The van der Waals surface area contributed by atoms with Crippen LogP contribution >= 0.6 is 0 Å². The summed E-state index contributed by atoms with van der Waals surface area (Å²) >= 11 is 0. The first kappa shape index (κ1) is 18.4. The molecule has 0 amide bonds. The molecule has 1 aliphatic heterocycles. The van der Waals surface area contributed by atoms with E-state index in [2.05, 4.69) is 16.9 Å². The first-order chi connectivity index (χ1) is 10.8. The van der Waals surface area contributed by atoms with Crippen LogP contribution in [0.5, 0.6) is 0 Å². The number of sulfonamides is 1. The number of aromatic nitrogens is 2. The van der Waals surface area contributed by atoms with Gasteiger partial charge in [0.1, 0.15) is 4.90 Å². The molecule has 0 spiro atoms. The Kier molecular flexibility index (Phi) is 5.86. The second-order valence-corrected chi connectivity index (χ2v) is 8.41. The average Bonchev–Trinajstić information content (AvgIpc) is 2.77.